The van der Waals surface area contributed by atoms with Gasteiger partial charge in [-0.05, 0) is 48.4 Å². The summed E-state index contributed by atoms with van der Waals surface area (Å²) in [5.74, 6) is -0.126. The first kappa shape index (κ1) is 25.1. The Hall–Kier alpha value is -2.98. The van der Waals surface area contributed by atoms with Crippen molar-refractivity contribution >= 4 is 17.5 Å². The minimum Gasteiger partial charge on any atom is -0.338 e. The summed E-state index contributed by atoms with van der Waals surface area (Å²) in [6.45, 7) is 7.92. The molecule has 0 atom stereocenters. The van der Waals surface area contributed by atoms with Crippen molar-refractivity contribution < 1.29 is 17.6 Å². The number of alkyl halides is 3. The molecule has 0 saturated carbocycles. The van der Waals surface area contributed by atoms with Crippen molar-refractivity contribution in [2.24, 2.45) is 5.92 Å². The summed E-state index contributed by atoms with van der Waals surface area (Å²) in [4.78, 5) is 25.9. The number of hydrogen-bond donors (Lipinski definition) is 0. The molecule has 0 bridgehead atoms. The van der Waals surface area contributed by atoms with Crippen molar-refractivity contribution in [1.29, 1.82) is 0 Å². The Balaban J connectivity index is 1.78. The maximum atomic E-state index is 14.9. The van der Waals surface area contributed by atoms with Crippen LogP contribution >= 0.6 is 11.6 Å². The molecule has 1 saturated heterocycles. The van der Waals surface area contributed by atoms with Crippen LogP contribution in [0, 0.1) is 11.7 Å². The Morgan fingerprint density at radius 1 is 1.00 bits per heavy atom. The van der Waals surface area contributed by atoms with E-state index in [1.807, 2.05) is 4.90 Å². The highest BCUT2D eigenvalue weighted by molar-refractivity contribution is 6.30. The van der Waals surface area contributed by atoms with E-state index >= 15 is 0 Å². The largest absolute Gasteiger partial charge is 0.416 e. The highest BCUT2D eigenvalue weighted by Gasteiger charge is 2.30. The molecule has 1 fully saturated rings. The van der Waals surface area contributed by atoms with Crippen molar-refractivity contribution in [3.63, 3.8) is 0 Å². The zero-order valence-electron chi connectivity index (χ0n) is 19.2. The van der Waals surface area contributed by atoms with Crippen LogP contribution in [0.2, 0.25) is 5.02 Å². The third-order valence-corrected chi connectivity index (χ3v) is 5.94. The highest BCUT2D eigenvalue weighted by Crippen LogP contribution is 2.31. The molecule has 0 N–H and O–H groups in total. The molecule has 1 aliphatic heterocycles. The van der Waals surface area contributed by atoms with Crippen LogP contribution < -0.4 is 10.6 Å². The predicted molar refractivity (Wildman–Crippen MR) is 127 cm³/mol. The van der Waals surface area contributed by atoms with Crippen LogP contribution in [0.1, 0.15) is 19.4 Å². The van der Waals surface area contributed by atoms with E-state index in [0.29, 0.717) is 19.0 Å². The van der Waals surface area contributed by atoms with Crippen LogP contribution in [0.5, 0.6) is 0 Å². The number of hydrogen-bond acceptors (Lipinski definition) is 5. The number of aromatic nitrogens is 3. The number of nitrogens with zero attached hydrogens (tertiary/aromatic N) is 5. The van der Waals surface area contributed by atoms with Crippen molar-refractivity contribution in [3.8, 4) is 17.1 Å². The molecule has 186 valence electrons. The fourth-order valence-electron chi connectivity index (χ4n) is 4.07. The number of piperazine rings is 1. The van der Waals surface area contributed by atoms with Gasteiger partial charge in [-0.3, -0.25) is 4.90 Å². The van der Waals surface area contributed by atoms with E-state index in [-0.39, 0.29) is 28.0 Å². The SMILES string of the molecule is CC(C)CN1CCN(c2nc(-c3ccc(Cl)cc3F)n(-c3ccc(C(F)(F)F)cc3)c(=O)n2)CC1. The molecule has 2 aromatic carbocycles. The van der Waals surface area contributed by atoms with Gasteiger partial charge < -0.3 is 4.90 Å². The quantitative estimate of drug-likeness (QED) is 0.459. The predicted octanol–water partition coefficient (Wildman–Crippen LogP) is 4.88. The van der Waals surface area contributed by atoms with Gasteiger partial charge in [-0.2, -0.15) is 23.1 Å². The van der Waals surface area contributed by atoms with E-state index in [2.05, 4.69) is 28.7 Å². The lowest BCUT2D eigenvalue weighted by Gasteiger charge is -2.35. The van der Waals surface area contributed by atoms with Crippen LogP contribution in [0.3, 0.4) is 0 Å². The van der Waals surface area contributed by atoms with Crippen molar-refractivity contribution in [1.82, 2.24) is 19.4 Å². The lowest BCUT2D eigenvalue weighted by Crippen LogP contribution is -2.48. The Labute approximate surface area is 204 Å². The van der Waals surface area contributed by atoms with Gasteiger partial charge in [-0.1, -0.05) is 25.4 Å². The second-order valence-electron chi connectivity index (χ2n) is 8.82. The molecule has 0 spiro atoms. The first-order valence-corrected chi connectivity index (χ1v) is 11.5. The van der Waals surface area contributed by atoms with Crippen molar-refractivity contribution in [2.45, 2.75) is 20.0 Å². The number of rotatable bonds is 5. The molecule has 4 rings (SSSR count). The van der Waals surface area contributed by atoms with Gasteiger partial charge in [0.15, 0.2) is 5.82 Å². The molecule has 0 radical (unpaired) electrons. The second kappa shape index (κ2) is 9.94. The second-order valence-corrected chi connectivity index (χ2v) is 9.25. The Morgan fingerprint density at radius 2 is 1.66 bits per heavy atom. The highest BCUT2D eigenvalue weighted by atomic mass is 35.5. The van der Waals surface area contributed by atoms with E-state index < -0.39 is 23.2 Å². The lowest BCUT2D eigenvalue weighted by molar-refractivity contribution is -0.137. The van der Waals surface area contributed by atoms with Gasteiger partial charge in [0.1, 0.15) is 5.82 Å². The summed E-state index contributed by atoms with van der Waals surface area (Å²) < 4.78 is 55.0. The van der Waals surface area contributed by atoms with Crippen molar-refractivity contribution in [3.05, 3.63) is 69.4 Å². The number of anilines is 1. The van der Waals surface area contributed by atoms with Crippen LogP contribution in [-0.2, 0) is 6.18 Å². The maximum Gasteiger partial charge on any atom is 0.416 e. The average Bonchev–Trinajstić information content (AvgIpc) is 2.78. The monoisotopic (exact) mass is 509 g/mol. The molecule has 0 amide bonds. The summed E-state index contributed by atoms with van der Waals surface area (Å²) in [5.41, 5.74) is -1.58. The third kappa shape index (κ3) is 5.65. The van der Waals surface area contributed by atoms with Crippen molar-refractivity contribution in [2.75, 3.05) is 37.6 Å². The summed E-state index contributed by atoms with van der Waals surface area (Å²) in [7, 11) is 0. The Kier molecular flexibility index (Phi) is 7.14. The molecular formula is C24H24ClF4N5O. The van der Waals surface area contributed by atoms with Gasteiger partial charge in [0.25, 0.3) is 0 Å². The Bertz CT molecular complexity index is 1250. The van der Waals surface area contributed by atoms with E-state index in [0.717, 1.165) is 54.5 Å². The zero-order chi connectivity index (χ0) is 25.3. The molecule has 0 unspecified atom stereocenters. The Morgan fingerprint density at radius 3 is 2.23 bits per heavy atom. The molecule has 1 aliphatic rings. The number of benzene rings is 2. The number of halogens is 5. The molecule has 1 aromatic heterocycles. The molecule has 6 nitrogen and oxygen atoms in total. The van der Waals surface area contributed by atoms with Gasteiger partial charge in [-0.15, -0.1) is 0 Å². The molecule has 11 heteroatoms. The maximum absolute atomic E-state index is 14.9. The summed E-state index contributed by atoms with van der Waals surface area (Å²) >= 11 is 5.89. The fraction of sp³-hybridized carbons (Fsp3) is 0.375. The van der Waals surface area contributed by atoms with E-state index in [9.17, 15) is 22.4 Å². The van der Waals surface area contributed by atoms with Crippen LogP contribution in [0.4, 0.5) is 23.5 Å². The first-order chi connectivity index (χ1) is 16.5. The third-order valence-electron chi connectivity index (χ3n) is 5.71. The smallest absolute Gasteiger partial charge is 0.338 e. The summed E-state index contributed by atoms with van der Waals surface area (Å²) in [5, 5.41) is 0.158. The molecule has 3 aromatic rings. The average molecular weight is 510 g/mol. The van der Waals surface area contributed by atoms with E-state index in [1.54, 1.807) is 0 Å². The van der Waals surface area contributed by atoms with Gasteiger partial charge in [0, 0.05) is 37.7 Å². The van der Waals surface area contributed by atoms with Crippen LogP contribution in [0.15, 0.2) is 47.3 Å². The summed E-state index contributed by atoms with van der Waals surface area (Å²) in [6.07, 6.45) is -4.54. The minimum absolute atomic E-state index is 0.0199. The van der Waals surface area contributed by atoms with E-state index in [4.69, 9.17) is 11.6 Å². The fourth-order valence-corrected chi connectivity index (χ4v) is 4.23. The first-order valence-electron chi connectivity index (χ1n) is 11.1. The van der Waals surface area contributed by atoms with Gasteiger partial charge >= 0.3 is 11.9 Å². The minimum atomic E-state index is -4.54. The molecule has 35 heavy (non-hydrogen) atoms. The summed E-state index contributed by atoms with van der Waals surface area (Å²) in [6, 6.07) is 7.89. The van der Waals surface area contributed by atoms with Crippen LogP contribution in [0.25, 0.3) is 17.1 Å². The zero-order valence-corrected chi connectivity index (χ0v) is 19.9. The topological polar surface area (TPSA) is 54.3 Å². The normalized spacial score (nSPS) is 15.1. The molecule has 2 heterocycles. The molecular weight excluding hydrogens is 486 g/mol. The standard InChI is InChI=1S/C24H24ClF4N5O/c1-15(2)14-32-9-11-33(12-10-32)22-30-21(19-8-5-17(25)13-20(19)26)34(23(35)31-22)18-6-3-16(4-7-18)24(27,28)29/h3-8,13,15H,9-12,14H2,1-2H3. The van der Waals surface area contributed by atoms with Gasteiger partial charge in [0.05, 0.1) is 16.8 Å². The van der Waals surface area contributed by atoms with Crippen LogP contribution in [-0.4, -0.2) is 52.2 Å². The van der Waals surface area contributed by atoms with Gasteiger partial charge in [0.2, 0.25) is 5.95 Å². The molecule has 0 aliphatic carbocycles. The lowest BCUT2D eigenvalue weighted by atomic mass is 10.1. The van der Waals surface area contributed by atoms with Gasteiger partial charge in [-0.25, -0.2) is 13.8 Å². The van der Waals surface area contributed by atoms with E-state index in [1.165, 1.54) is 12.1 Å².